The molecular formula is C17H14N4O2S. The number of carbonyl (C=O) groups excluding carboxylic acids is 1. The van der Waals surface area contributed by atoms with Gasteiger partial charge in [-0.05, 0) is 24.3 Å². The van der Waals surface area contributed by atoms with Gasteiger partial charge in [0.25, 0.3) is 5.91 Å². The highest BCUT2D eigenvalue weighted by atomic mass is 32.1. The Kier molecular flexibility index (Phi) is 4.59. The molecular weight excluding hydrogens is 324 g/mol. The van der Waals surface area contributed by atoms with E-state index in [9.17, 15) is 4.79 Å². The zero-order valence-corrected chi connectivity index (χ0v) is 13.7. The van der Waals surface area contributed by atoms with Gasteiger partial charge in [-0.3, -0.25) is 4.79 Å². The molecule has 0 saturated carbocycles. The molecule has 3 rings (SSSR count). The molecule has 0 saturated heterocycles. The molecule has 24 heavy (non-hydrogen) atoms. The lowest BCUT2D eigenvalue weighted by molar-refractivity contribution is -0.123. The number of thiazole rings is 1. The molecule has 1 amide bonds. The lowest BCUT2D eigenvalue weighted by atomic mass is 10.2. The predicted octanol–water partition coefficient (Wildman–Crippen LogP) is 2.12. The fraction of sp³-hybridized carbons (Fsp3) is 0.118. The summed E-state index contributed by atoms with van der Waals surface area (Å²) in [6.45, 7) is -0.212. The minimum atomic E-state index is -0.389. The first-order valence-corrected chi connectivity index (χ1v) is 8.00. The number of nitrogens with one attached hydrogen (secondary N) is 1. The van der Waals surface area contributed by atoms with Gasteiger partial charge in [0.15, 0.2) is 6.61 Å². The lowest BCUT2D eigenvalue weighted by Crippen LogP contribution is -2.27. The summed E-state index contributed by atoms with van der Waals surface area (Å²) >= 11 is 1.48. The third kappa shape index (κ3) is 3.29. The Hall–Kier alpha value is -3.11. The molecule has 6 nitrogen and oxygen atoms in total. The van der Waals surface area contributed by atoms with Crippen LogP contribution in [-0.4, -0.2) is 17.1 Å². The van der Waals surface area contributed by atoms with E-state index in [1.807, 2.05) is 41.9 Å². The van der Waals surface area contributed by atoms with Gasteiger partial charge in [-0.1, -0.05) is 35.6 Å². The largest absolute Gasteiger partial charge is 0.482 e. The molecule has 2 aromatic carbocycles. The molecule has 0 spiro atoms. The maximum absolute atomic E-state index is 11.9. The molecule has 120 valence electrons. The van der Waals surface area contributed by atoms with Crippen LogP contribution in [0.25, 0.3) is 10.2 Å². The van der Waals surface area contributed by atoms with Crippen molar-refractivity contribution in [3.63, 3.8) is 0 Å². The zero-order valence-electron chi connectivity index (χ0n) is 12.9. The highest BCUT2D eigenvalue weighted by Crippen LogP contribution is 2.16. The van der Waals surface area contributed by atoms with Gasteiger partial charge < -0.3 is 9.30 Å². The summed E-state index contributed by atoms with van der Waals surface area (Å²) in [6, 6.07) is 16.7. The molecule has 1 N–H and O–H groups in total. The maximum atomic E-state index is 11.9. The number of amides is 1. The fourth-order valence-electron chi connectivity index (χ4n) is 2.16. The van der Waals surface area contributed by atoms with Gasteiger partial charge in [-0.2, -0.15) is 5.26 Å². The number of benzene rings is 2. The quantitative estimate of drug-likeness (QED) is 0.740. The maximum Gasteiger partial charge on any atom is 0.278 e. The van der Waals surface area contributed by atoms with Crippen molar-refractivity contribution >= 4 is 27.5 Å². The van der Waals surface area contributed by atoms with Crippen molar-refractivity contribution in [2.24, 2.45) is 12.1 Å². The second-order valence-electron chi connectivity index (χ2n) is 4.95. The van der Waals surface area contributed by atoms with Crippen LogP contribution in [0.15, 0.2) is 53.6 Å². The minimum absolute atomic E-state index is 0.212. The number of nitrogens with zero attached hydrogens (tertiary/aromatic N) is 3. The van der Waals surface area contributed by atoms with Crippen LogP contribution in [-0.2, 0) is 11.8 Å². The molecule has 0 unspecified atom stereocenters. The zero-order chi connectivity index (χ0) is 16.9. The van der Waals surface area contributed by atoms with E-state index < -0.39 is 0 Å². The van der Waals surface area contributed by atoms with E-state index in [0.29, 0.717) is 16.1 Å². The average molecular weight is 338 g/mol. The second-order valence-corrected chi connectivity index (χ2v) is 5.96. The molecule has 0 radical (unpaired) electrons. The van der Waals surface area contributed by atoms with Crippen molar-refractivity contribution in [3.05, 3.63) is 58.9 Å². The molecule has 7 heteroatoms. The van der Waals surface area contributed by atoms with Crippen molar-refractivity contribution in [2.75, 3.05) is 6.61 Å². The highest BCUT2D eigenvalue weighted by molar-refractivity contribution is 7.16. The summed E-state index contributed by atoms with van der Waals surface area (Å²) in [4.78, 5) is 12.6. The van der Waals surface area contributed by atoms with Gasteiger partial charge in [0.2, 0.25) is 4.80 Å². The van der Waals surface area contributed by atoms with Crippen LogP contribution in [0.1, 0.15) is 5.56 Å². The summed E-state index contributed by atoms with van der Waals surface area (Å²) < 4.78 is 8.37. The van der Waals surface area contributed by atoms with Crippen molar-refractivity contribution < 1.29 is 9.53 Å². The summed E-state index contributed by atoms with van der Waals surface area (Å²) in [5.74, 6) is -0.0113. The number of hydrogen-bond donors (Lipinski definition) is 1. The van der Waals surface area contributed by atoms with Crippen molar-refractivity contribution in [1.29, 1.82) is 5.26 Å². The Bertz CT molecular complexity index is 997. The smallest absolute Gasteiger partial charge is 0.278 e. The molecule has 3 aromatic rings. The standard InChI is InChI=1S/C17H14N4O2S/c1-21-13-7-3-5-9-15(13)24-17(21)20-19-16(22)11-23-14-8-4-2-6-12(14)10-18/h2-9H,11H2,1H3,(H,19,22)/b20-17+. The number of rotatable bonds is 4. The molecule has 0 atom stereocenters. The highest BCUT2D eigenvalue weighted by Gasteiger charge is 2.06. The van der Waals surface area contributed by atoms with Crippen molar-refractivity contribution in [2.45, 2.75) is 0 Å². The normalized spacial score (nSPS) is 11.2. The van der Waals surface area contributed by atoms with Gasteiger partial charge in [0, 0.05) is 7.05 Å². The number of hydrogen-bond acceptors (Lipinski definition) is 5. The van der Waals surface area contributed by atoms with E-state index in [2.05, 4.69) is 10.5 Å². The third-order valence-electron chi connectivity index (χ3n) is 3.36. The van der Waals surface area contributed by atoms with Crippen LogP contribution in [0, 0.1) is 11.3 Å². The molecule has 1 heterocycles. The van der Waals surface area contributed by atoms with Gasteiger partial charge in [0.1, 0.15) is 11.8 Å². The minimum Gasteiger partial charge on any atom is -0.482 e. The Balaban J connectivity index is 1.69. The van der Waals surface area contributed by atoms with Crippen LogP contribution >= 0.6 is 11.3 Å². The van der Waals surface area contributed by atoms with E-state index in [4.69, 9.17) is 10.00 Å². The van der Waals surface area contributed by atoms with E-state index in [0.717, 1.165) is 10.2 Å². The van der Waals surface area contributed by atoms with E-state index in [1.165, 1.54) is 11.3 Å². The van der Waals surface area contributed by atoms with Crippen LogP contribution in [0.4, 0.5) is 0 Å². The number of aryl methyl sites for hydroxylation is 1. The van der Waals surface area contributed by atoms with E-state index in [1.54, 1.807) is 24.3 Å². The molecule has 0 aliphatic carbocycles. The molecule has 0 aliphatic heterocycles. The second kappa shape index (κ2) is 6.98. The van der Waals surface area contributed by atoms with Crippen molar-refractivity contribution in [1.82, 2.24) is 9.99 Å². The first kappa shape index (κ1) is 15.8. The summed E-state index contributed by atoms with van der Waals surface area (Å²) in [7, 11) is 1.89. The molecule has 0 fully saturated rings. The fourth-order valence-corrected chi connectivity index (χ4v) is 3.14. The van der Waals surface area contributed by atoms with Crippen LogP contribution in [0.2, 0.25) is 0 Å². The Labute approximate surface area is 142 Å². The predicted molar refractivity (Wildman–Crippen MR) is 91.2 cm³/mol. The number of carbonyl (C=O) groups is 1. The lowest BCUT2D eigenvalue weighted by Gasteiger charge is -2.06. The molecule has 1 aromatic heterocycles. The summed E-state index contributed by atoms with van der Waals surface area (Å²) in [6.07, 6.45) is 0. The number of aromatic nitrogens is 1. The van der Waals surface area contributed by atoms with Gasteiger partial charge in [-0.15, -0.1) is 5.10 Å². The summed E-state index contributed by atoms with van der Waals surface area (Å²) in [5.41, 5.74) is 3.91. The topological polar surface area (TPSA) is 79.4 Å². The van der Waals surface area contributed by atoms with E-state index in [-0.39, 0.29) is 12.5 Å². The SMILES string of the molecule is Cn1/c(=N\NC(=O)COc2ccccc2C#N)sc2ccccc21. The third-order valence-corrected chi connectivity index (χ3v) is 4.47. The Morgan fingerprint density at radius 1 is 1.29 bits per heavy atom. The van der Waals surface area contributed by atoms with Crippen LogP contribution in [0.3, 0.4) is 0 Å². The van der Waals surface area contributed by atoms with Gasteiger partial charge >= 0.3 is 0 Å². The average Bonchev–Trinajstić information content (AvgIpc) is 2.94. The number of nitriles is 1. The Morgan fingerprint density at radius 2 is 2.04 bits per heavy atom. The van der Waals surface area contributed by atoms with Gasteiger partial charge in [0.05, 0.1) is 15.8 Å². The van der Waals surface area contributed by atoms with E-state index >= 15 is 0 Å². The number of fused-ring (bicyclic) bond motifs is 1. The first-order valence-electron chi connectivity index (χ1n) is 7.18. The van der Waals surface area contributed by atoms with Crippen molar-refractivity contribution in [3.8, 4) is 11.8 Å². The van der Waals surface area contributed by atoms with Crippen LogP contribution in [0.5, 0.6) is 5.75 Å². The molecule has 0 aliphatic rings. The van der Waals surface area contributed by atoms with Crippen LogP contribution < -0.4 is 15.0 Å². The monoisotopic (exact) mass is 338 g/mol. The van der Waals surface area contributed by atoms with Gasteiger partial charge in [-0.25, -0.2) is 5.43 Å². The molecule has 0 bridgehead atoms. The summed E-state index contributed by atoms with van der Waals surface area (Å²) in [5, 5.41) is 13.1. The Morgan fingerprint density at radius 3 is 2.83 bits per heavy atom. The first-order chi connectivity index (χ1) is 11.7. The number of ether oxygens (including phenoxy) is 1. The number of para-hydroxylation sites is 2.